The van der Waals surface area contributed by atoms with Crippen molar-refractivity contribution in [3.8, 4) is 0 Å². The number of aromatic carboxylic acids is 1. The van der Waals surface area contributed by atoms with Crippen molar-refractivity contribution in [1.82, 2.24) is 9.97 Å². The minimum absolute atomic E-state index is 0.183. The standard InChI is InChI=1S/C12H12N2O3S/c1-7-8(2)17-10(14-7)6-18-11-4-3-9(5-13-11)12(15)16/h3-5H,6H2,1-2H3,(H,15,16). The van der Waals surface area contributed by atoms with Crippen LogP contribution in [-0.2, 0) is 5.75 Å². The summed E-state index contributed by atoms with van der Waals surface area (Å²) < 4.78 is 5.44. The second kappa shape index (κ2) is 5.22. The molecule has 0 saturated heterocycles. The van der Waals surface area contributed by atoms with Gasteiger partial charge in [-0.1, -0.05) is 11.8 Å². The Hall–Kier alpha value is -1.82. The molecule has 2 aromatic heterocycles. The maximum absolute atomic E-state index is 10.7. The number of aromatic nitrogens is 2. The monoisotopic (exact) mass is 264 g/mol. The Morgan fingerprint density at radius 3 is 2.72 bits per heavy atom. The van der Waals surface area contributed by atoms with Crippen molar-refractivity contribution in [3.05, 3.63) is 41.2 Å². The van der Waals surface area contributed by atoms with Crippen molar-refractivity contribution < 1.29 is 14.3 Å². The molecule has 2 aromatic rings. The number of thioether (sulfide) groups is 1. The van der Waals surface area contributed by atoms with Crippen molar-refractivity contribution in [2.75, 3.05) is 0 Å². The van der Waals surface area contributed by atoms with Gasteiger partial charge >= 0.3 is 5.97 Å². The lowest BCUT2D eigenvalue weighted by atomic mass is 10.3. The summed E-state index contributed by atoms with van der Waals surface area (Å²) in [6.45, 7) is 3.77. The molecule has 0 saturated carbocycles. The van der Waals surface area contributed by atoms with E-state index in [1.54, 1.807) is 6.07 Å². The summed E-state index contributed by atoms with van der Waals surface area (Å²) in [5, 5.41) is 9.49. The van der Waals surface area contributed by atoms with Crippen molar-refractivity contribution in [2.24, 2.45) is 0 Å². The van der Waals surface area contributed by atoms with Gasteiger partial charge in [0.1, 0.15) is 5.76 Å². The molecule has 0 aliphatic carbocycles. The summed E-state index contributed by atoms with van der Waals surface area (Å²) in [6, 6.07) is 3.21. The molecule has 0 aliphatic rings. The van der Waals surface area contributed by atoms with Gasteiger partial charge in [0.25, 0.3) is 0 Å². The van der Waals surface area contributed by atoms with E-state index >= 15 is 0 Å². The van der Waals surface area contributed by atoms with Gasteiger partial charge in [-0.2, -0.15) is 0 Å². The third-order valence-corrected chi connectivity index (χ3v) is 3.33. The Kier molecular flexibility index (Phi) is 3.66. The Balaban J connectivity index is 2.00. The number of carboxylic acid groups (broad SMARTS) is 1. The van der Waals surface area contributed by atoms with Crippen LogP contribution in [0.1, 0.15) is 27.7 Å². The Morgan fingerprint density at radius 2 is 2.22 bits per heavy atom. The molecule has 0 aromatic carbocycles. The molecule has 1 N–H and O–H groups in total. The molecule has 0 atom stereocenters. The highest BCUT2D eigenvalue weighted by molar-refractivity contribution is 7.98. The SMILES string of the molecule is Cc1nc(CSc2ccc(C(=O)O)cn2)oc1C. The van der Waals surface area contributed by atoms with E-state index in [-0.39, 0.29) is 5.56 Å². The third kappa shape index (κ3) is 2.89. The van der Waals surface area contributed by atoms with Crippen LogP contribution in [0.15, 0.2) is 27.8 Å². The van der Waals surface area contributed by atoms with Gasteiger partial charge in [-0.25, -0.2) is 14.8 Å². The summed E-state index contributed by atoms with van der Waals surface area (Å²) in [6.07, 6.45) is 1.34. The maximum Gasteiger partial charge on any atom is 0.337 e. The number of hydrogen-bond donors (Lipinski definition) is 1. The summed E-state index contributed by atoms with van der Waals surface area (Å²) >= 11 is 1.46. The van der Waals surface area contributed by atoms with Crippen LogP contribution in [0.3, 0.4) is 0 Å². The Labute approximate surface area is 108 Å². The quantitative estimate of drug-likeness (QED) is 0.855. The number of aryl methyl sites for hydroxylation is 2. The van der Waals surface area contributed by atoms with Crippen molar-refractivity contribution >= 4 is 17.7 Å². The summed E-state index contributed by atoms with van der Waals surface area (Å²) in [5.41, 5.74) is 1.07. The van der Waals surface area contributed by atoms with Crippen LogP contribution in [0.5, 0.6) is 0 Å². The van der Waals surface area contributed by atoms with E-state index in [1.165, 1.54) is 24.0 Å². The molecule has 94 valence electrons. The zero-order chi connectivity index (χ0) is 13.1. The predicted octanol–water partition coefficient (Wildman–Crippen LogP) is 2.68. The van der Waals surface area contributed by atoms with Crippen LogP contribution < -0.4 is 0 Å². The fourth-order valence-corrected chi connectivity index (χ4v) is 2.02. The highest BCUT2D eigenvalue weighted by Gasteiger charge is 2.07. The number of nitrogens with zero attached hydrogens (tertiary/aromatic N) is 2. The first kappa shape index (κ1) is 12.6. The molecule has 2 heterocycles. The minimum Gasteiger partial charge on any atom is -0.478 e. The molecule has 0 unspecified atom stereocenters. The molecule has 6 heteroatoms. The molecule has 0 aliphatic heterocycles. The van der Waals surface area contributed by atoms with Crippen LogP contribution >= 0.6 is 11.8 Å². The van der Waals surface area contributed by atoms with Crippen LogP contribution in [0.4, 0.5) is 0 Å². The number of oxazole rings is 1. The lowest BCUT2D eigenvalue weighted by molar-refractivity contribution is 0.0696. The average molecular weight is 264 g/mol. The Morgan fingerprint density at radius 1 is 1.44 bits per heavy atom. The number of carbonyl (C=O) groups is 1. The zero-order valence-electron chi connectivity index (χ0n) is 10.0. The van der Waals surface area contributed by atoms with Gasteiger partial charge < -0.3 is 9.52 Å². The molecule has 0 amide bonds. The molecular weight excluding hydrogens is 252 g/mol. The first-order valence-electron chi connectivity index (χ1n) is 5.31. The van der Waals surface area contributed by atoms with Gasteiger partial charge in [-0.15, -0.1) is 0 Å². The summed E-state index contributed by atoms with van der Waals surface area (Å²) in [4.78, 5) is 19.0. The molecule has 5 nitrogen and oxygen atoms in total. The van der Waals surface area contributed by atoms with E-state index in [4.69, 9.17) is 9.52 Å². The first-order valence-corrected chi connectivity index (χ1v) is 6.30. The maximum atomic E-state index is 10.7. The summed E-state index contributed by atoms with van der Waals surface area (Å²) in [5.74, 6) is 1.07. The van der Waals surface area contributed by atoms with Gasteiger partial charge in [0.15, 0.2) is 0 Å². The predicted molar refractivity (Wildman–Crippen MR) is 66.7 cm³/mol. The van der Waals surface area contributed by atoms with Crippen LogP contribution in [0, 0.1) is 13.8 Å². The van der Waals surface area contributed by atoms with Crippen molar-refractivity contribution in [2.45, 2.75) is 24.6 Å². The topological polar surface area (TPSA) is 76.2 Å². The fraction of sp³-hybridized carbons (Fsp3) is 0.250. The van der Waals surface area contributed by atoms with Crippen LogP contribution in [0.25, 0.3) is 0 Å². The van der Waals surface area contributed by atoms with Crippen molar-refractivity contribution in [3.63, 3.8) is 0 Å². The van der Waals surface area contributed by atoms with Gasteiger partial charge in [0, 0.05) is 6.20 Å². The largest absolute Gasteiger partial charge is 0.478 e. The molecule has 0 bridgehead atoms. The number of carboxylic acids is 1. The molecule has 18 heavy (non-hydrogen) atoms. The molecular formula is C12H12N2O3S. The zero-order valence-corrected chi connectivity index (χ0v) is 10.8. The smallest absolute Gasteiger partial charge is 0.337 e. The molecule has 0 fully saturated rings. The van der Waals surface area contributed by atoms with E-state index in [9.17, 15) is 4.79 Å². The van der Waals surface area contributed by atoms with Gasteiger partial charge in [0.2, 0.25) is 5.89 Å². The van der Waals surface area contributed by atoms with Gasteiger partial charge in [0.05, 0.1) is 22.0 Å². The summed E-state index contributed by atoms with van der Waals surface area (Å²) in [7, 11) is 0. The second-order valence-electron chi connectivity index (χ2n) is 3.73. The van der Waals surface area contributed by atoms with Crippen LogP contribution in [-0.4, -0.2) is 21.0 Å². The highest BCUT2D eigenvalue weighted by Crippen LogP contribution is 2.21. The van der Waals surface area contributed by atoms with E-state index in [0.29, 0.717) is 11.6 Å². The second-order valence-corrected chi connectivity index (χ2v) is 4.72. The van der Waals surface area contributed by atoms with Gasteiger partial charge in [-0.3, -0.25) is 0 Å². The van der Waals surface area contributed by atoms with E-state index in [0.717, 1.165) is 16.5 Å². The molecule has 2 rings (SSSR count). The number of hydrogen-bond acceptors (Lipinski definition) is 5. The average Bonchev–Trinajstić information content (AvgIpc) is 2.67. The van der Waals surface area contributed by atoms with E-state index in [2.05, 4.69) is 9.97 Å². The number of pyridine rings is 1. The van der Waals surface area contributed by atoms with Crippen molar-refractivity contribution in [1.29, 1.82) is 0 Å². The van der Waals surface area contributed by atoms with E-state index < -0.39 is 5.97 Å². The highest BCUT2D eigenvalue weighted by atomic mass is 32.2. The molecule has 0 radical (unpaired) electrons. The van der Waals surface area contributed by atoms with Gasteiger partial charge in [-0.05, 0) is 26.0 Å². The minimum atomic E-state index is -0.974. The van der Waals surface area contributed by atoms with Crippen LogP contribution in [0.2, 0.25) is 0 Å². The normalized spacial score (nSPS) is 10.6. The van der Waals surface area contributed by atoms with E-state index in [1.807, 2.05) is 13.8 Å². The lowest BCUT2D eigenvalue weighted by Crippen LogP contribution is -1.96. The number of rotatable bonds is 4. The fourth-order valence-electron chi connectivity index (χ4n) is 1.33. The Bertz CT molecular complexity index is 544. The lowest BCUT2D eigenvalue weighted by Gasteiger charge is -1.98. The first-order chi connectivity index (χ1) is 8.56. The third-order valence-electron chi connectivity index (χ3n) is 2.40. The molecule has 0 spiro atoms.